The van der Waals surface area contributed by atoms with Gasteiger partial charge in [-0.2, -0.15) is 0 Å². The van der Waals surface area contributed by atoms with Crippen LogP contribution in [0.1, 0.15) is 30.1 Å². The second-order valence-corrected chi connectivity index (χ2v) is 10.4. The molecule has 0 spiro atoms. The number of nitrogens with one attached hydrogen (secondary N) is 2. The van der Waals surface area contributed by atoms with Gasteiger partial charge in [0.25, 0.3) is 11.8 Å². The second-order valence-electron chi connectivity index (χ2n) is 9.19. The molecule has 2 fully saturated rings. The zero-order chi connectivity index (χ0) is 26.9. The van der Waals surface area contributed by atoms with Gasteiger partial charge < -0.3 is 41.3 Å². The van der Waals surface area contributed by atoms with Gasteiger partial charge in [-0.05, 0) is 57.1 Å². The summed E-state index contributed by atoms with van der Waals surface area (Å²) >= 11 is 1.22. The van der Waals surface area contributed by atoms with Crippen LogP contribution in [0, 0.1) is 0 Å². The van der Waals surface area contributed by atoms with Gasteiger partial charge in [-0.25, -0.2) is 0 Å². The summed E-state index contributed by atoms with van der Waals surface area (Å²) in [5, 5.41) is 24.7. The quantitative estimate of drug-likeness (QED) is 0.230. The molecule has 0 aliphatic carbocycles. The highest BCUT2D eigenvalue weighted by atomic mass is 32.2. The molecular formula is C25H38N6O5S. The van der Waals surface area contributed by atoms with Crippen molar-refractivity contribution in [3.05, 3.63) is 40.6 Å². The van der Waals surface area contributed by atoms with E-state index in [1.54, 1.807) is 31.2 Å². The highest BCUT2D eigenvalue weighted by molar-refractivity contribution is 8.04. The van der Waals surface area contributed by atoms with Crippen LogP contribution in [-0.2, 0) is 9.59 Å². The number of likely N-dealkylation sites (N-methyl/N-ethyl adjacent to an activating group) is 1. The molecule has 2 heterocycles. The van der Waals surface area contributed by atoms with Crippen LogP contribution in [0.3, 0.4) is 0 Å². The maximum Gasteiger partial charge on any atom is 0.272 e. The second kappa shape index (κ2) is 13.7. The molecule has 6 N–H and O–H groups in total. The highest BCUT2D eigenvalue weighted by Crippen LogP contribution is 2.36. The average Bonchev–Trinajstić information content (AvgIpc) is 3.54. The summed E-state index contributed by atoms with van der Waals surface area (Å²) in [6, 6.07) is 7.09. The Morgan fingerprint density at radius 2 is 1.92 bits per heavy atom. The van der Waals surface area contributed by atoms with E-state index in [4.69, 9.17) is 10.8 Å². The number of hydrogen-bond donors (Lipinski definition) is 5. The van der Waals surface area contributed by atoms with Crippen molar-refractivity contribution in [3.63, 3.8) is 0 Å². The lowest BCUT2D eigenvalue weighted by atomic mass is 10.2. The number of benzene rings is 1. The Morgan fingerprint density at radius 3 is 2.54 bits per heavy atom. The topological polar surface area (TPSA) is 151 Å². The van der Waals surface area contributed by atoms with E-state index in [-0.39, 0.29) is 24.1 Å². The molecule has 12 heteroatoms. The van der Waals surface area contributed by atoms with Crippen LogP contribution in [0.2, 0.25) is 0 Å². The summed E-state index contributed by atoms with van der Waals surface area (Å²) in [6.45, 7) is 5.60. The third kappa shape index (κ3) is 7.60. The zero-order valence-electron chi connectivity index (χ0n) is 21.5. The van der Waals surface area contributed by atoms with Crippen molar-refractivity contribution in [1.29, 1.82) is 0 Å². The number of hydrogen-bond acceptors (Lipinski definition) is 9. The largest absolute Gasteiger partial charge is 0.394 e. The molecule has 2 aliphatic heterocycles. The molecule has 2 atom stereocenters. The molecule has 3 rings (SSSR count). The summed E-state index contributed by atoms with van der Waals surface area (Å²) in [6.07, 6.45) is 1.37. The molecule has 2 aliphatic rings. The van der Waals surface area contributed by atoms with Gasteiger partial charge in [0.05, 0.1) is 12.7 Å². The average molecular weight is 535 g/mol. The first-order valence-electron chi connectivity index (χ1n) is 12.6. The van der Waals surface area contributed by atoms with Crippen LogP contribution in [-0.4, -0.2) is 113 Å². The Labute approximate surface area is 222 Å². The summed E-state index contributed by atoms with van der Waals surface area (Å²) in [5.74, 6) is -0.792. The zero-order valence-corrected chi connectivity index (χ0v) is 22.3. The van der Waals surface area contributed by atoms with Gasteiger partial charge in [0, 0.05) is 51.0 Å². The number of carbonyl (C=O) groups is 3. The van der Waals surface area contributed by atoms with Crippen molar-refractivity contribution in [2.45, 2.75) is 31.1 Å². The van der Waals surface area contributed by atoms with Crippen molar-refractivity contribution in [2.24, 2.45) is 5.73 Å². The molecule has 204 valence electrons. The fraction of sp³-hybridized carbons (Fsp3) is 0.560. The molecule has 0 saturated carbocycles. The van der Waals surface area contributed by atoms with E-state index in [2.05, 4.69) is 15.5 Å². The number of carbonyl (C=O) groups excluding carboxylic acids is 3. The third-order valence-corrected chi connectivity index (χ3v) is 7.73. The predicted molar refractivity (Wildman–Crippen MR) is 144 cm³/mol. The van der Waals surface area contributed by atoms with Gasteiger partial charge in [0.15, 0.2) is 0 Å². The number of amides is 3. The Balaban J connectivity index is 1.54. The van der Waals surface area contributed by atoms with E-state index in [0.717, 1.165) is 25.3 Å². The molecule has 1 unspecified atom stereocenters. The van der Waals surface area contributed by atoms with Crippen LogP contribution < -0.4 is 16.4 Å². The first-order valence-corrected chi connectivity index (χ1v) is 13.5. The van der Waals surface area contributed by atoms with Crippen LogP contribution >= 0.6 is 11.8 Å². The molecule has 0 radical (unpaired) electrons. The molecule has 11 nitrogen and oxygen atoms in total. The fourth-order valence-corrected chi connectivity index (χ4v) is 5.52. The van der Waals surface area contributed by atoms with E-state index < -0.39 is 23.9 Å². The van der Waals surface area contributed by atoms with E-state index in [9.17, 15) is 19.5 Å². The fourth-order valence-electron chi connectivity index (χ4n) is 4.30. The van der Waals surface area contributed by atoms with Gasteiger partial charge in [-0.1, -0.05) is 11.8 Å². The molecular weight excluding hydrogens is 496 g/mol. The number of nitrogens with two attached hydrogens (primary N) is 1. The lowest BCUT2D eigenvalue weighted by Gasteiger charge is -2.22. The number of thioether (sulfide) groups is 1. The van der Waals surface area contributed by atoms with Crippen LogP contribution in [0.4, 0.5) is 5.69 Å². The summed E-state index contributed by atoms with van der Waals surface area (Å²) in [5.41, 5.74) is 7.39. The maximum absolute atomic E-state index is 12.9. The minimum atomic E-state index is -1.07. The molecule has 37 heavy (non-hydrogen) atoms. The lowest BCUT2D eigenvalue weighted by molar-refractivity contribution is -0.128. The Morgan fingerprint density at radius 1 is 1.24 bits per heavy atom. The third-order valence-electron chi connectivity index (χ3n) is 6.41. The van der Waals surface area contributed by atoms with Gasteiger partial charge in [-0.3, -0.25) is 14.4 Å². The standard InChI is InChI=1S/C25H38N6O5S/c1-3-31-23(35)20(37-25(31)21(26)24(36)29(2)15-19(33)16-32)14-28-18-8-6-17(7-9-18)22(34)27-10-13-30-11-4-5-12-30/h6-9,19-20,28,32-33H,3-5,10-16,26H2,1-2H3,(H,27,34)/b25-21+/t19?,20-/m1/s1. The van der Waals surface area contributed by atoms with Gasteiger partial charge in [0.1, 0.15) is 16.0 Å². The summed E-state index contributed by atoms with van der Waals surface area (Å²) in [7, 11) is 1.48. The van der Waals surface area contributed by atoms with Crippen molar-refractivity contribution in [3.8, 4) is 0 Å². The van der Waals surface area contributed by atoms with Crippen LogP contribution in [0.15, 0.2) is 35.0 Å². The smallest absolute Gasteiger partial charge is 0.272 e. The van der Waals surface area contributed by atoms with Gasteiger partial charge in [-0.15, -0.1) is 0 Å². The number of aliphatic hydroxyl groups excluding tert-OH is 2. The Hall–Kier alpha value is -2.80. The Kier molecular flexibility index (Phi) is 10.6. The minimum Gasteiger partial charge on any atom is -0.394 e. The van der Waals surface area contributed by atoms with Crippen LogP contribution in [0.25, 0.3) is 0 Å². The first kappa shape index (κ1) is 28.8. The number of rotatable bonds is 12. The summed E-state index contributed by atoms with van der Waals surface area (Å²) in [4.78, 5) is 43.1. The van der Waals surface area contributed by atoms with E-state index in [1.165, 1.54) is 41.5 Å². The van der Waals surface area contributed by atoms with E-state index in [1.807, 2.05) is 0 Å². The SMILES string of the molecule is CCN1C(=O)[C@@H](CNc2ccc(C(=O)NCCN3CCCC3)cc2)S/C1=C(/N)C(=O)N(C)CC(O)CO. The normalized spacial score (nSPS) is 20.2. The Bertz CT molecular complexity index is 982. The summed E-state index contributed by atoms with van der Waals surface area (Å²) < 4.78 is 0. The highest BCUT2D eigenvalue weighted by Gasteiger charge is 2.38. The first-order chi connectivity index (χ1) is 17.7. The van der Waals surface area contributed by atoms with E-state index in [0.29, 0.717) is 30.2 Å². The van der Waals surface area contributed by atoms with Crippen molar-refractivity contribution in [1.82, 2.24) is 20.0 Å². The monoisotopic (exact) mass is 534 g/mol. The minimum absolute atomic E-state index is 0.0737. The number of likely N-dealkylation sites (tertiary alicyclic amines) is 1. The van der Waals surface area contributed by atoms with Gasteiger partial charge in [0.2, 0.25) is 5.91 Å². The van der Waals surface area contributed by atoms with E-state index >= 15 is 0 Å². The molecule has 1 aromatic carbocycles. The number of anilines is 1. The number of nitrogens with zero attached hydrogens (tertiary/aromatic N) is 3. The van der Waals surface area contributed by atoms with Gasteiger partial charge >= 0.3 is 0 Å². The van der Waals surface area contributed by atoms with Crippen molar-refractivity contribution >= 4 is 35.2 Å². The molecule has 1 aromatic rings. The van der Waals surface area contributed by atoms with Crippen LogP contribution in [0.5, 0.6) is 0 Å². The maximum atomic E-state index is 12.9. The molecule has 3 amide bonds. The lowest BCUT2D eigenvalue weighted by Crippen LogP contribution is -2.39. The molecule has 0 bridgehead atoms. The van der Waals surface area contributed by atoms with Crippen molar-refractivity contribution < 1.29 is 24.6 Å². The molecule has 0 aromatic heterocycles. The van der Waals surface area contributed by atoms with Crippen molar-refractivity contribution in [2.75, 3.05) is 64.8 Å². The molecule has 2 saturated heterocycles. The predicted octanol–water partition coefficient (Wildman–Crippen LogP) is -0.173. The number of aliphatic hydroxyl groups is 2.